The zero-order valence-corrected chi connectivity index (χ0v) is 18.0. The Kier molecular flexibility index (Phi) is 6.82. The Balaban J connectivity index is 1.93. The summed E-state index contributed by atoms with van der Waals surface area (Å²) in [5.74, 6) is 0.960. The molecule has 3 rings (SSSR count). The van der Waals surface area contributed by atoms with E-state index in [4.69, 9.17) is 4.98 Å². The molecule has 2 aromatic heterocycles. The fraction of sp³-hybridized carbons (Fsp3) is 0.381. The highest BCUT2D eigenvalue weighted by molar-refractivity contribution is 14.1. The molecule has 0 aliphatic carbocycles. The van der Waals surface area contributed by atoms with E-state index in [-0.39, 0.29) is 5.91 Å². The Morgan fingerprint density at radius 1 is 1.19 bits per heavy atom. The summed E-state index contributed by atoms with van der Waals surface area (Å²) >= 11 is 2.24. The fourth-order valence-electron chi connectivity index (χ4n) is 3.17. The quantitative estimate of drug-likeness (QED) is 0.435. The molecule has 0 aliphatic heterocycles. The number of carbonyl (C=O) groups excluding carboxylic acids is 1. The van der Waals surface area contributed by atoms with Crippen LogP contribution in [0.1, 0.15) is 49.3 Å². The van der Waals surface area contributed by atoms with Crippen molar-refractivity contribution in [2.75, 3.05) is 6.54 Å². The number of unbranched alkanes of at least 4 members (excludes halogenated alkanes) is 1. The standard InChI is InChI=1S/C21H25IN4O/c1-3-5-13-26-19(24-18-10-7-11-23-20(18)26)15-25(12-4-2)21(27)16-8-6-9-17(22)14-16/h6-11,14H,3-5,12-13,15H2,1-2H3. The zero-order valence-electron chi connectivity index (χ0n) is 15.9. The molecular formula is C21H25IN4O. The van der Waals surface area contributed by atoms with Gasteiger partial charge in [0.25, 0.3) is 5.91 Å². The average molecular weight is 476 g/mol. The zero-order chi connectivity index (χ0) is 19.2. The lowest BCUT2D eigenvalue weighted by Crippen LogP contribution is -2.32. The number of aromatic nitrogens is 3. The van der Waals surface area contributed by atoms with Crippen molar-refractivity contribution in [2.24, 2.45) is 0 Å². The molecule has 1 amide bonds. The summed E-state index contributed by atoms with van der Waals surface area (Å²) in [4.78, 5) is 24.3. The first-order chi connectivity index (χ1) is 13.1. The lowest BCUT2D eigenvalue weighted by Gasteiger charge is -2.22. The van der Waals surface area contributed by atoms with Gasteiger partial charge < -0.3 is 9.47 Å². The molecule has 0 unspecified atom stereocenters. The molecule has 5 nitrogen and oxygen atoms in total. The molecule has 2 heterocycles. The summed E-state index contributed by atoms with van der Waals surface area (Å²) in [5.41, 5.74) is 2.52. The van der Waals surface area contributed by atoms with Gasteiger partial charge in [0.1, 0.15) is 11.3 Å². The molecule has 27 heavy (non-hydrogen) atoms. The number of pyridine rings is 1. The molecule has 0 aliphatic rings. The van der Waals surface area contributed by atoms with Crippen LogP contribution in [0.25, 0.3) is 11.2 Å². The van der Waals surface area contributed by atoms with Gasteiger partial charge in [0.05, 0.1) is 6.54 Å². The predicted octanol–water partition coefficient (Wildman–Crippen LogP) is 4.89. The third-order valence-corrected chi connectivity index (χ3v) is 5.17. The van der Waals surface area contributed by atoms with E-state index in [0.29, 0.717) is 13.1 Å². The number of carbonyl (C=O) groups is 1. The summed E-state index contributed by atoms with van der Waals surface area (Å²) in [6.07, 6.45) is 4.87. The van der Waals surface area contributed by atoms with Gasteiger partial charge in [0.15, 0.2) is 5.65 Å². The van der Waals surface area contributed by atoms with Gasteiger partial charge in [-0.3, -0.25) is 4.79 Å². The summed E-state index contributed by atoms with van der Waals surface area (Å²) < 4.78 is 3.23. The SMILES string of the molecule is CCCCn1c(CN(CCC)C(=O)c2cccc(I)c2)nc2cccnc21. The van der Waals surface area contributed by atoms with E-state index in [2.05, 4.69) is 46.0 Å². The number of nitrogens with zero attached hydrogens (tertiary/aromatic N) is 4. The molecule has 1 aromatic carbocycles. The maximum atomic E-state index is 13.1. The Hall–Kier alpha value is -1.96. The summed E-state index contributed by atoms with van der Waals surface area (Å²) in [7, 11) is 0. The first kappa shape index (κ1) is 19.8. The van der Waals surface area contributed by atoms with Crippen LogP contribution in [0.15, 0.2) is 42.6 Å². The maximum absolute atomic E-state index is 13.1. The van der Waals surface area contributed by atoms with Crippen LogP contribution in [0.2, 0.25) is 0 Å². The molecule has 0 bridgehead atoms. The predicted molar refractivity (Wildman–Crippen MR) is 117 cm³/mol. The minimum Gasteiger partial charge on any atom is -0.331 e. The highest BCUT2D eigenvalue weighted by atomic mass is 127. The van der Waals surface area contributed by atoms with Gasteiger partial charge in [-0.05, 0) is 65.8 Å². The number of imidazole rings is 1. The van der Waals surface area contributed by atoms with Crippen LogP contribution >= 0.6 is 22.6 Å². The summed E-state index contributed by atoms with van der Waals surface area (Å²) in [6, 6.07) is 11.6. The monoisotopic (exact) mass is 476 g/mol. The normalized spacial score (nSPS) is 11.1. The van der Waals surface area contributed by atoms with Crippen molar-refractivity contribution in [1.29, 1.82) is 0 Å². The van der Waals surface area contributed by atoms with Crippen molar-refractivity contribution in [1.82, 2.24) is 19.4 Å². The van der Waals surface area contributed by atoms with Crippen molar-refractivity contribution < 1.29 is 4.79 Å². The molecule has 0 radical (unpaired) electrons. The Morgan fingerprint density at radius 2 is 2.04 bits per heavy atom. The Morgan fingerprint density at radius 3 is 2.78 bits per heavy atom. The van der Waals surface area contributed by atoms with Crippen molar-refractivity contribution in [3.63, 3.8) is 0 Å². The van der Waals surface area contributed by atoms with E-state index >= 15 is 0 Å². The van der Waals surface area contributed by atoms with Gasteiger partial charge in [-0.15, -0.1) is 0 Å². The van der Waals surface area contributed by atoms with Gasteiger partial charge in [-0.1, -0.05) is 26.3 Å². The highest BCUT2D eigenvalue weighted by Gasteiger charge is 2.20. The Labute approximate surface area is 173 Å². The number of hydrogen-bond acceptors (Lipinski definition) is 3. The molecule has 0 fully saturated rings. The smallest absolute Gasteiger partial charge is 0.254 e. The second-order valence-electron chi connectivity index (χ2n) is 6.62. The van der Waals surface area contributed by atoms with Gasteiger partial charge in [-0.2, -0.15) is 0 Å². The second-order valence-corrected chi connectivity index (χ2v) is 7.86. The number of halogens is 1. The van der Waals surface area contributed by atoms with Gasteiger partial charge >= 0.3 is 0 Å². The van der Waals surface area contributed by atoms with Crippen LogP contribution in [-0.4, -0.2) is 31.9 Å². The summed E-state index contributed by atoms with van der Waals surface area (Å²) in [5, 5.41) is 0. The van der Waals surface area contributed by atoms with Crippen LogP contribution in [0.4, 0.5) is 0 Å². The van der Waals surface area contributed by atoms with Gasteiger partial charge in [-0.25, -0.2) is 9.97 Å². The molecule has 142 valence electrons. The second kappa shape index (κ2) is 9.30. The van der Waals surface area contributed by atoms with E-state index in [1.807, 2.05) is 41.3 Å². The number of aryl methyl sites for hydroxylation is 1. The molecular weight excluding hydrogens is 451 g/mol. The maximum Gasteiger partial charge on any atom is 0.254 e. The molecule has 0 spiro atoms. The minimum atomic E-state index is 0.0532. The molecule has 0 N–H and O–H groups in total. The van der Waals surface area contributed by atoms with Crippen LogP contribution in [0, 0.1) is 3.57 Å². The van der Waals surface area contributed by atoms with Gasteiger partial charge in [0.2, 0.25) is 0 Å². The minimum absolute atomic E-state index is 0.0532. The fourth-order valence-corrected chi connectivity index (χ4v) is 3.72. The van der Waals surface area contributed by atoms with E-state index < -0.39 is 0 Å². The van der Waals surface area contributed by atoms with Crippen molar-refractivity contribution in [3.05, 3.63) is 57.6 Å². The number of rotatable bonds is 8. The number of fused-ring (bicyclic) bond motifs is 1. The lowest BCUT2D eigenvalue weighted by molar-refractivity contribution is 0.0737. The van der Waals surface area contributed by atoms with E-state index in [1.54, 1.807) is 6.20 Å². The number of benzene rings is 1. The first-order valence-corrected chi connectivity index (χ1v) is 10.6. The van der Waals surface area contributed by atoms with Crippen LogP contribution in [0.3, 0.4) is 0 Å². The topological polar surface area (TPSA) is 51.0 Å². The van der Waals surface area contributed by atoms with Gasteiger partial charge in [0, 0.05) is 28.4 Å². The van der Waals surface area contributed by atoms with E-state index in [0.717, 1.165) is 51.9 Å². The molecule has 6 heteroatoms. The van der Waals surface area contributed by atoms with Crippen molar-refractivity contribution >= 4 is 39.7 Å². The average Bonchev–Trinajstić information content (AvgIpc) is 3.02. The lowest BCUT2D eigenvalue weighted by atomic mass is 10.2. The first-order valence-electron chi connectivity index (χ1n) is 9.49. The highest BCUT2D eigenvalue weighted by Crippen LogP contribution is 2.18. The van der Waals surface area contributed by atoms with Crippen molar-refractivity contribution in [3.8, 4) is 0 Å². The largest absolute Gasteiger partial charge is 0.331 e. The van der Waals surface area contributed by atoms with E-state index in [9.17, 15) is 4.79 Å². The molecule has 0 atom stereocenters. The summed E-state index contributed by atoms with van der Waals surface area (Å²) in [6.45, 7) is 6.34. The Bertz CT molecular complexity index is 921. The number of hydrogen-bond donors (Lipinski definition) is 0. The van der Waals surface area contributed by atoms with Crippen molar-refractivity contribution in [2.45, 2.75) is 46.2 Å². The molecule has 3 aromatic rings. The van der Waals surface area contributed by atoms with Crippen LogP contribution in [-0.2, 0) is 13.1 Å². The molecule has 0 saturated heterocycles. The number of amides is 1. The molecule has 0 saturated carbocycles. The van der Waals surface area contributed by atoms with E-state index in [1.165, 1.54) is 0 Å². The third kappa shape index (κ3) is 4.66. The van der Waals surface area contributed by atoms with Crippen LogP contribution < -0.4 is 0 Å². The third-order valence-electron chi connectivity index (χ3n) is 4.50. The van der Waals surface area contributed by atoms with Crippen LogP contribution in [0.5, 0.6) is 0 Å².